The summed E-state index contributed by atoms with van der Waals surface area (Å²) in [5.74, 6) is 3.34. The fourth-order valence-electron chi connectivity index (χ4n) is 7.57. The van der Waals surface area contributed by atoms with Gasteiger partial charge in [-0.1, -0.05) is 75.4 Å². The zero-order valence-electron chi connectivity index (χ0n) is 29.1. The largest absolute Gasteiger partial charge is 0.457 e. The highest BCUT2D eigenvalue weighted by Gasteiger charge is 2.31. The number of benzene rings is 5. The van der Waals surface area contributed by atoms with Gasteiger partial charge >= 0.3 is 0 Å². The number of aromatic nitrogens is 3. The average molecular weight is 694 g/mol. The summed E-state index contributed by atoms with van der Waals surface area (Å²) < 4.78 is 11.5. The van der Waals surface area contributed by atoms with Crippen LogP contribution in [-0.2, 0) is 5.41 Å². The van der Waals surface area contributed by atoms with E-state index in [1.807, 2.05) is 35.9 Å². The lowest BCUT2D eigenvalue weighted by atomic mass is 9.88. The molecule has 5 aromatic carbocycles. The normalized spacial score (nSPS) is 13.1. The van der Waals surface area contributed by atoms with Gasteiger partial charge in [0, 0.05) is 56.5 Å². The van der Waals surface area contributed by atoms with Crippen molar-refractivity contribution in [1.82, 2.24) is 14.5 Å². The first kappa shape index (κ1) is 30.6. The van der Waals surface area contributed by atoms with Crippen LogP contribution in [0.25, 0.3) is 47.8 Å². The van der Waals surface area contributed by atoms with E-state index >= 15 is 0 Å². The topological polar surface area (TPSA) is 46.4 Å². The SMILES string of the molecule is CC(C)(C)c1ccnc(-n2c3ccccc3c3ccc(Oc4cccc(N5CN(c6cccc7c6sc6ccccc67)c6cccnc65)c4)cc32)c1. The third-order valence-corrected chi connectivity index (χ3v) is 11.3. The number of hydrogen-bond donors (Lipinski definition) is 0. The number of anilines is 4. The minimum atomic E-state index is 0.00406. The van der Waals surface area contributed by atoms with Crippen LogP contribution in [0.5, 0.6) is 11.5 Å². The Bertz CT molecular complexity index is 2830. The molecule has 1 aliphatic rings. The maximum absolute atomic E-state index is 6.65. The van der Waals surface area contributed by atoms with Gasteiger partial charge in [0.15, 0.2) is 5.82 Å². The quantitative estimate of drug-likeness (QED) is 0.180. The number of hydrogen-bond acceptors (Lipinski definition) is 6. The van der Waals surface area contributed by atoms with Crippen LogP contribution >= 0.6 is 11.3 Å². The van der Waals surface area contributed by atoms with Gasteiger partial charge in [0.2, 0.25) is 0 Å². The van der Waals surface area contributed by atoms with Crippen molar-refractivity contribution in [2.24, 2.45) is 0 Å². The number of ether oxygens (including phenoxy) is 1. The molecule has 6 nitrogen and oxygen atoms in total. The number of para-hydroxylation sites is 1. The molecule has 0 radical (unpaired) electrons. The van der Waals surface area contributed by atoms with E-state index in [9.17, 15) is 0 Å². The van der Waals surface area contributed by atoms with E-state index in [4.69, 9.17) is 14.7 Å². The predicted octanol–water partition coefficient (Wildman–Crippen LogP) is 12.3. The molecule has 5 heterocycles. The van der Waals surface area contributed by atoms with Crippen molar-refractivity contribution in [3.63, 3.8) is 0 Å². The Labute approximate surface area is 305 Å². The molecular weight excluding hydrogens is 659 g/mol. The first-order valence-electron chi connectivity index (χ1n) is 17.6. The molecule has 0 atom stereocenters. The molecule has 0 bridgehead atoms. The van der Waals surface area contributed by atoms with E-state index in [1.165, 1.54) is 36.8 Å². The summed E-state index contributed by atoms with van der Waals surface area (Å²) in [6.07, 6.45) is 3.79. The summed E-state index contributed by atoms with van der Waals surface area (Å²) in [7, 11) is 0. The molecule has 0 fully saturated rings. The first-order chi connectivity index (χ1) is 25.4. The van der Waals surface area contributed by atoms with Gasteiger partial charge in [-0.25, -0.2) is 9.97 Å². The van der Waals surface area contributed by atoms with Gasteiger partial charge in [-0.15, -0.1) is 11.3 Å². The van der Waals surface area contributed by atoms with Crippen LogP contribution in [0.2, 0.25) is 0 Å². The molecule has 4 aromatic heterocycles. The minimum Gasteiger partial charge on any atom is -0.457 e. The average Bonchev–Trinajstić information content (AvgIpc) is 3.84. The zero-order chi connectivity index (χ0) is 35.0. The van der Waals surface area contributed by atoms with Gasteiger partial charge < -0.3 is 14.5 Å². The van der Waals surface area contributed by atoms with Crippen LogP contribution in [0.4, 0.5) is 22.9 Å². The highest BCUT2D eigenvalue weighted by atomic mass is 32.1. The van der Waals surface area contributed by atoms with Crippen molar-refractivity contribution in [1.29, 1.82) is 0 Å². The fraction of sp³-hybridized carbons (Fsp3) is 0.111. The Morgan fingerprint density at radius 2 is 1.37 bits per heavy atom. The summed E-state index contributed by atoms with van der Waals surface area (Å²) in [6, 6.07) is 47.0. The van der Waals surface area contributed by atoms with Crippen molar-refractivity contribution >= 4 is 76.2 Å². The van der Waals surface area contributed by atoms with E-state index in [0.29, 0.717) is 6.67 Å². The lowest BCUT2D eigenvalue weighted by molar-refractivity contribution is 0.483. The zero-order valence-corrected chi connectivity index (χ0v) is 29.9. The highest BCUT2D eigenvalue weighted by Crippen LogP contribution is 2.48. The van der Waals surface area contributed by atoms with E-state index < -0.39 is 0 Å². The van der Waals surface area contributed by atoms with Crippen molar-refractivity contribution < 1.29 is 4.74 Å². The summed E-state index contributed by atoms with van der Waals surface area (Å²) in [5, 5.41) is 4.93. The van der Waals surface area contributed by atoms with Gasteiger partial charge in [0.05, 0.1) is 27.1 Å². The summed E-state index contributed by atoms with van der Waals surface area (Å²) >= 11 is 1.85. The third-order valence-electron chi connectivity index (χ3n) is 10.1. The molecule has 0 spiro atoms. The number of nitrogens with zero attached hydrogens (tertiary/aromatic N) is 5. The Hall–Kier alpha value is -6.18. The lowest BCUT2D eigenvalue weighted by Gasteiger charge is -2.22. The number of thiophene rings is 1. The molecular formula is C45H35N5OS. The highest BCUT2D eigenvalue weighted by molar-refractivity contribution is 7.26. The van der Waals surface area contributed by atoms with Gasteiger partial charge in [-0.05, 0) is 77.7 Å². The smallest absolute Gasteiger partial charge is 0.158 e. The van der Waals surface area contributed by atoms with Crippen molar-refractivity contribution in [3.8, 4) is 17.3 Å². The molecule has 0 amide bonds. The van der Waals surface area contributed by atoms with Gasteiger partial charge in [-0.3, -0.25) is 4.57 Å². The van der Waals surface area contributed by atoms with Crippen LogP contribution in [0.15, 0.2) is 146 Å². The Morgan fingerprint density at radius 1 is 0.596 bits per heavy atom. The molecule has 10 rings (SSSR count). The second kappa shape index (κ2) is 11.7. The molecule has 0 saturated carbocycles. The molecule has 0 unspecified atom stereocenters. The molecule has 1 aliphatic heterocycles. The maximum Gasteiger partial charge on any atom is 0.158 e. The molecule has 52 heavy (non-hydrogen) atoms. The molecule has 0 N–H and O–H groups in total. The number of pyridine rings is 2. The molecule has 7 heteroatoms. The fourth-order valence-corrected chi connectivity index (χ4v) is 8.79. The standard InChI is InChI=1S/C45H35N5OS/c1-45(2,3)29-22-24-46-42(25-29)50-37-16-6-4-13-33(37)34-21-20-32(27-40(34)50)51-31-12-8-11-30(26-31)48-28-49(39-18-10-23-47-44(39)48)38-17-9-15-36-35-14-5-7-19-41(35)52-43(36)38/h4-27H,28H2,1-3H3. The van der Waals surface area contributed by atoms with Crippen molar-refractivity contribution in [3.05, 3.63) is 151 Å². The number of rotatable bonds is 5. The summed E-state index contributed by atoms with van der Waals surface area (Å²) in [5.41, 5.74) is 6.70. The Balaban J connectivity index is 1.02. The van der Waals surface area contributed by atoms with E-state index in [1.54, 1.807) is 0 Å². The molecule has 0 saturated heterocycles. The van der Waals surface area contributed by atoms with Crippen molar-refractivity contribution in [2.75, 3.05) is 16.5 Å². The summed E-state index contributed by atoms with van der Waals surface area (Å²) in [6.45, 7) is 7.34. The van der Waals surface area contributed by atoms with E-state index in [2.05, 4.69) is 156 Å². The van der Waals surface area contributed by atoms with Gasteiger partial charge in [0.1, 0.15) is 24.0 Å². The van der Waals surface area contributed by atoms with Gasteiger partial charge in [0.25, 0.3) is 0 Å². The monoisotopic (exact) mass is 693 g/mol. The number of fused-ring (bicyclic) bond motifs is 7. The second-order valence-corrected chi connectivity index (χ2v) is 15.4. The van der Waals surface area contributed by atoms with Crippen molar-refractivity contribution in [2.45, 2.75) is 26.2 Å². The van der Waals surface area contributed by atoms with E-state index in [-0.39, 0.29) is 5.41 Å². The molecule has 0 aliphatic carbocycles. The third kappa shape index (κ3) is 4.92. The van der Waals surface area contributed by atoms with Crippen LogP contribution in [-0.4, -0.2) is 21.2 Å². The van der Waals surface area contributed by atoms with Crippen LogP contribution in [0, 0.1) is 0 Å². The molecule has 9 aromatic rings. The van der Waals surface area contributed by atoms with Gasteiger partial charge in [-0.2, -0.15) is 0 Å². The Morgan fingerprint density at radius 3 is 2.27 bits per heavy atom. The lowest BCUT2D eigenvalue weighted by Crippen LogP contribution is -2.24. The maximum atomic E-state index is 6.65. The van der Waals surface area contributed by atoms with Crippen LogP contribution in [0.3, 0.4) is 0 Å². The van der Waals surface area contributed by atoms with E-state index in [0.717, 1.165) is 50.9 Å². The summed E-state index contributed by atoms with van der Waals surface area (Å²) in [4.78, 5) is 14.4. The second-order valence-electron chi connectivity index (χ2n) is 14.4. The van der Waals surface area contributed by atoms with Crippen LogP contribution in [0.1, 0.15) is 26.3 Å². The van der Waals surface area contributed by atoms with Crippen LogP contribution < -0.4 is 14.5 Å². The minimum absolute atomic E-state index is 0.00406. The first-order valence-corrected chi connectivity index (χ1v) is 18.4. The molecule has 252 valence electrons. The Kier molecular flexibility index (Phi) is 6.88. The predicted molar refractivity (Wildman–Crippen MR) is 217 cm³/mol.